The summed E-state index contributed by atoms with van der Waals surface area (Å²) in [5.74, 6) is 0. The molecule has 1 aromatic carbocycles. The Morgan fingerprint density at radius 3 is 3.00 bits per heavy atom. The van der Waals surface area contributed by atoms with E-state index >= 15 is 0 Å². The van der Waals surface area contributed by atoms with Crippen molar-refractivity contribution in [1.29, 1.82) is 0 Å². The zero-order valence-electron chi connectivity index (χ0n) is 10.8. The molecular weight excluding hydrogens is 224 g/mol. The van der Waals surface area contributed by atoms with E-state index in [1.165, 1.54) is 24.9 Å². The lowest BCUT2D eigenvalue weighted by Crippen LogP contribution is -2.53. The Bertz CT molecular complexity index is 368. The molecule has 0 aliphatic carbocycles. The van der Waals surface area contributed by atoms with Crippen LogP contribution in [0.3, 0.4) is 0 Å². The molecule has 1 aromatic rings. The van der Waals surface area contributed by atoms with Gasteiger partial charge in [0, 0.05) is 31.7 Å². The molecule has 3 rings (SSSR count). The molecule has 98 valence electrons. The van der Waals surface area contributed by atoms with Gasteiger partial charge in [0.15, 0.2) is 0 Å². The van der Waals surface area contributed by atoms with Gasteiger partial charge in [0.25, 0.3) is 0 Å². The fraction of sp³-hybridized carbons (Fsp3) is 0.600. The summed E-state index contributed by atoms with van der Waals surface area (Å²) >= 11 is 0. The van der Waals surface area contributed by atoms with Crippen LogP contribution in [0.15, 0.2) is 30.3 Å². The third-order valence-electron chi connectivity index (χ3n) is 4.11. The Morgan fingerprint density at radius 2 is 2.11 bits per heavy atom. The second-order valence-electron chi connectivity index (χ2n) is 5.35. The maximum atomic E-state index is 5.58. The van der Waals surface area contributed by atoms with E-state index in [1.807, 2.05) is 0 Å². The average Bonchev–Trinajstić information content (AvgIpc) is 2.46. The van der Waals surface area contributed by atoms with E-state index in [-0.39, 0.29) is 0 Å². The number of hydrogen-bond donors (Lipinski definition) is 1. The monoisotopic (exact) mass is 246 g/mol. The van der Waals surface area contributed by atoms with Crippen LogP contribution in [-0.2, 0) is 11.3 Å². The summed E-state index contributed by atoms with van der Waals surface area (Å²) in [6, 6.07) is 11.9. The van der Waals surface area contributed by atoms with Crippen molar-refractivity contribution in [3.63, 3.8) is 0 Å². The van der Waals surface area contributed by atoms with Crippen LogP contribution in [0.4, 0.5) is 0 Å². The lowest BCUT2D eigenvalue weighted by Gasteiger charge is -2.42. The Morgan fingerprint density at radius 1 is 1.22 bits per heavy atom. The number of fused-ring (bicyclic) bond motifs is 1. The molecule has 2 aliphatic rings. The van der Waals surface area contributed by atoms with Gasteiger partial charge in [-0.25, -0.2) is 0 Å². The van der Waals surface area contributed by atoms with Gasteiger partial charge in [-0.3, -0.25) is 4.90 Å². The molecule has 2 fully saturated rings. The quantitative estimate of drug-likeness (QED) is 0.877. The Kier molecular flexibility index (Phi) is 3.93. The van der Waals surface area contributed by atoms with Gasteiger partial charge in [0.05, 0.1) is 13.2 Å². The number of ether oxygens (including phenoxy) is 1. The predicted molar refractivity (Wildman–Crippen MR) is 72.5 cm³/mol. The number of morpholine rings is 1. The van der Waals surface area contributed by atoms with Crippen LogP contribution in [0.25, 0.3) is 0 Å². The highest BCUT2D eigenvalue weighted by Gasteiger charge is 2.30. The molecule has 2 heterocycles. The molecule has 2 aliphatic heterocycles. The van der Waals surface area contributed by atoms with Crippen molar-refractivity contribution in [2.75, 3.05) is 26.3 Å². The standard InChI is InChI=1S/C15H22N2O/c1-2-4-13(5-3-1)11-16-14-6-7-17-8-9-18-12-15(17)10-14/h1-5,14-16H,6-12H2. The molecule has 2 unspecified atom stereocenters. The van der Waals surface area contributed by atoms with Gasteiger partial charge in [-0.1, -0.05) is 30.3 Å². The zero-order valence-corrected chi connectivity index (χ0v) is 10.8. The van der Waals surface area contributed by atoms with Crippen LogP contribution in [-0.4, -0.2) is 43.3 Å². The maximum absolute atomic E-state index is 5.58. The topological polar surface area (TPSA) is 24.5 Å². The second kappa shape index (κ2) is 5.83. The van der Waals surface area contributed by atoms with Crippen molar-refractivity contribution in [1.82, 2.24) is 10.2 Å². The van der Waals surface area contributed by atoms with Crippen molar-refractivity contribution in [3.8, 4) is 0 Å². The zero-order chi connectivity index (χ0) is 12.2. The Balaban J connectivity index is 1.49. The molecule has 2 saturated heterocycles. The summed E-state index contributed by atoms with van der Waals surface area (Å²) < 4.78 is 5.58. The molecular formula is C15H22N2O. The number of hydrogen-bond acceptors (Lipinski definition) is 3. The van der Waals surface area contributed by atoms with Gasteiger partial charge >= 0.3 is 0 Å². The molecule has 1 N–H and O–H groups in total. The van der Waals surface area contributed by atoms with Crippen molar-refractivity contribution < 1.29 is 4.74 Å². The van der Waals surface area contributed by atoms with E-state index in [0.717, 1.165) is 26.3 Å². The molecule has 0 bridgehead atoms. The van der Waals surface area contributed by atoms with Crippen LogP contribution in [0.5, 0.6) is 0 Å². The maximum Gasteiger partial charge on any atom is 0.0623 e. The van der Waals surface area contributed by atoms with Crippen molar-refractivity contribution in [2.45, 2.75) is 31.5 Å². The van der Waals surface area contributed by atoms with Crippen LogP contribution in [0.1, 0.15) is 18.4 Å². The van der Waals surface area contributed by atoms with E-state index in [0.29, 0.717) is 12.1 Å². The number of benzene rings is 1. The van der Waals surface area contributed by atoms with Gasteiger partial charge in [-0.2, -0.15) is 0 Å². The lowest BCUT2D eigenvalue weighted by atomic mass is 9.96. The van der Waals surface area contributed by atoms with Gasteiger partial charge in [0.2, 0.25) is 0 Å². The predicted octanol–water partition coefficient (Wildman–Crippen LogP) is 1.64. The number of nitrogens with one attached hydrogen (secondary N) is 1. The first-order chi connectivity index (χ1) is 8.92. The minimum atomic E-state index is 0.640. The fourth-order valence-corrected chi connectivity index (χ4v) is 3.01. The molecule has 0 radical (unpaired) electrons. The summed E-state index contributed by atoms with van der Waals surface area (Å²) in [5.41, 5.74) is 1.37. The molecule has 3 heteroatoms. The SMILES string of the molecule is c1ccc(CNC2CCN3CCOCC3C2)cc1. The minimum absolute atomic E-state index is 0.640. The molecule has 2 atom stereocenters. The van der Waals surface area contributed by atoms with Crippen molar-refractivity contribution in [2.24, 2.45) is 0 Å². The van der Waals surface area contributed by atoms with Gasteiger partial charge in [-0.15, -0.1) is 0 Å². The Labute approximate surface area is 109 Å². The van der Waals surface area contributed by atoms with E-state index < -0.39 is 0 Å². The van der Waals surface area contributed by atoms with Crippen LogP contribution >= 0.6 is 0 Å². The summed E-state index contributed by atoms with van der Waals surface area (Å²) in [6.07, 6.45) is 2.50. The molecule has 0 aromatic heterocycles. The smallest absolute Gasteiger partial charge is 0.0623 e. The highest BCUT2D eigenvalue weighted by molar-refractivity contribution is 5.14. The summed E-state index contributed by atoms with van der Waals surface area (Å²) in [6.45, 7) is 5.16. The van der Waals surface area contributed by atoms with E-state index in [1.54, 1.807) is 0 Å². The lowest BCUT2D eigenvalue weighted by molar-refractivity contribution is -0.0298. The van der Waals surface area contributed by atoms with Crippen LogP contribution < -0.4 is 5.32 Å². The Hall–Kier alpha value is -0.900. The largest absolute Gasteiger partial charge is 0.378 e. The van der Waals surface area contributed by atoms with E-state index in [2.05, 4.69) is 40.5 Å². The normalized spacial score (nSPS) is 28.9. The highest BCUT2D eigenvalue weighted by Crippen LogP contribution is 2.20. The van der Waals surface area contributed by atoms with E-state index in [9.17, 15) is 0 Å². The van der Waals surface area contributed by atoms with Gasteiger partial charge in [0.1, 0.15) is 0 Å². The third kappa shape index (κ3) is 2.91. The summed E-state index contributed by atoms with van der Waals surface area (Å²) in [7, 11) is 0. The van der Waals surface area contributed by atoms with Gasteiger partial charge in [-0.05, 0) is 18.4 Å². The molecule has 18 heavy (non-hydrogen) atoms. The first-order valence-electron chi connectivity index (χ1n) is 7.01. The molecule has 0 saturated carbocycles. The highest BCUT2D eigenvalue weighted by atomic mass is 16.5. The van der Waals surface area contributed by atoms with Crippen molar-refractivity contribution >= 4 is 0 Å². The molecule has 0 amide bonds. The average molecular weight is 246 g/mol. The van der Waals surface area contributed by atoms with E-state index in [4.69, 9.17) is 4.74 Å². The third-order valence-corrected chi connectivity index (χ3v) is 4.11. The first kappa shape index (κ1) is 12.2. The van der Waals surface area contributed by atoms with Crippen LogP contribution in [0.2, 0.25) is 0 Å². The number of piperidine rings is 1. The number of rotatable bonds is 3. The van der Waals surface area contributed by atoms with Crippen molar-refractivity contribution in [3.05, 3.63) is 35.9 Å². The minimum Gasteiger partial charge on any atom is -0.378 e. The molecule has 0 spiro atoms. The summed E-state index contributed by atoms with van der Waals surface area (Å²) in [5, 5.41) is 3.69. The number of nitrogens with zero attached hydrogens (tertiary/aromatic N) is 1. The fourth-order valence-electron chi connectivity index (χ4n) is 3.01. The van der Waals surface area contributed by atoms with Crippen LogP contribution in [0, 0.1) is 0 Å². The second-order valence-corrected chi connectivity index (χ2v) is 5.35. The first-order valence-corrected chi connectivity index (χ1v) is 7.01. The molecule has 3 nitrogen and oxygen atoms in total. The van der Waals surface area contributed by atoms with Gasteiger partial charge < -0.3 is 10.1 Å². The summed E-state index contributed by atoms with van der Waals surface area (Å²) in [4.78, 5) is 2.59.